The van der Waals surface area contributed by atoms with E-state index in [9.17, 15) is 16.8 Å². The summed E-state index contributed by atoms with van der Waals surface area (Å²) in [6.45, 7) is 3.66. The Morgan fingerprint density at radius 3 is 2.17 bits per heavy atom. The average Bonchev–Trinajstić information content (AvgIpc) is 2.25. The largest absolute Gasteiger partial charge is 0.229 e. The van der Waals surface area contributed by atoms with Crippen molar-refractivity contribution in [2.24, 2.45) is 5.92 Å². The highest BCUT2D eigenvalue weighted by Crippen LogP contribution is 2.19. The van der Waals surface area contributed by atoms with Crippen molar-refractivity contribution >= 4 is 19.9 Å². The Labute approximate surface area is 109 Å². The molecule has 5 nitrogen and oxygen atoms in total. The lowest BCUT2D eigenvalue weighted by molar-refractivity contribution is 0.502. The van der Waals surface area contributed by atoms with E-state index in [0.717, 1.165) is 0 Å². The molecule has 0 saturated carbocycles. The summed E-state index contributed by atoms with van der Waals surface area (Å²) in [7, 11) is -6.61. The molecule has 0 bridgehead atoms. The van der Waals surface area contributed by atoms with Crippen LogP contribution in [0, 0.1) is 18.3 Å². The van der Waals surface area contributed by atoms with Gasteiger partial charge in [0.05, 0.1) is 22.8 Å². The average molecular weight is 293 g/mol. The molecule has 0 aromatic heterocycles. The summed E-state index contributed by atoms with van der Waals surface area (Å²) in [5, 5.41) is -0.657. The van der Waals surface area contributed by atoms with E-state index >= 15 is 0 Å². The van der Waals surface area contributed by atoms with Crippen LogP contribution in [0.3, 0.4) is 0 Å². The Bertz CT molecular complexity index is 514. The van der Waals surface area contributed by atoms with Gasteiger partial charge in [-0.05, 0) is 18.8 Å². The summed E-state index contributed by atoms with van der Waals surface area (Å²) < 4.78 is 49.1. The predicted octanol–water partition coefficient (Wildman–Crippen LogP) is 0.141. The van der Waals surface area contributed by atoms with Gasteiger partial charge in [0.15, 0.2) is 0 Å². The quantitative estimate of drug-likeness (QED) is 0.748. The SMILES string of the molecule is C#CC(NS(=O)(=O)C1CCS(=O)(=O)CC1)C(C)C. The lowest BCUT2D eigenvalue weighted by Gasteiger charge is -2.25. The van der Waals surface area contributed by atoms with Crippen LogP contribution < -0.4 is 4.72 Å². The molecule has 1 aliphatic heterocycles. The van der Waals surface area contributed by atoms with E-state index in [2.05, 4.69) is 10.6 Å². The third kappa shape index (κ3) is 3.97. The fourth-order valence-corrected chi connectivity index (χ4v) is 5.35. The van der Waals surface area contributed by atoms with Gasteiger partial charge in [-0.2, -0.15) is 4.72 Å². The fraction of sp³-hybridized carbons (Fsp3) is 0.818. The Kier molecular flexibility index (Phi) is 4.81. The van der Waals surface area contributed by atoms with Gasteiger partial charge < -0.3 is 0 Å². The van der Waals surface area contributed by atoms with Crippen LogP contribution in [0.15, 0.2) is 0 Å². The van der Waals surface area contributed by atoms with Crippen LogP contribution in [0.4, 0.5) is 0 Å². The van der Waals surface area contributed by atoms with Gasteiger partial charge in [0.2, 0.25) is 10.0 Å². The van der Waals surface area contributed by atoms with Crippen molar-refractivity contribution < 1.29 is 16.8 Å². The van der Waals surface area contributed by atoms with Gasteiger partial charge in [-0.15, -0.1) is 6.42 Å². The molecule has 1 heterocycles. The van der Waals surface area contributed by atoms with Crippen molar-refractivity contribution in [1.82, 2.24) is 4.72 Å². The lowest BCUT2D eigenvalue weighted by atomic mass is 10.1. The van der Waals surface area contributed by atoms with Crippen LogP contribution >= 0.6 is 0 Å². The molecule has 1 N–H and O–H groups in total. The molecule has 1 atom stereocenters. The first-order valence-corrected chi connectivity index (χ1v) is 9.22. The molecule has 104 valence electrons. The highest BCUT2D eigenvalue weighted by Gasteiger charge is 2.34. The van der Waals surface area contributed by atoms with Gasteiger partial charge in [0.1, 0.15) is 9.84 Å². The van der Waals surface area contributed by atoms with Gasteiger partial charge >= 0.3 is 0 Å². The molecule has 1 fully saturated rings. The number of rotatable bonds is 4. The first-order chi connectivity index (χ1) is 8.18. The highest BCUT2D eigenvalue weighted by molar-refractivity contribution is 7.92. The van der Waals surface area contributed by atoms with E-state index in [0.29, 0.717) is 0 Å². The zero-order valence-electron chi connectivity index (χ0n) is 10.6. The molecule has 0 spiro atoms. The van der Waals surface area contributed by atoms with Crippen LogP contribution in [0.1, 0.15) is 26.7 Å². The molecule has 1 aliphatic rings. The van der Waals surface area contributed by atoms with Crippen molar-refractivity contribution in [1.29, 1.82) is 0 Å². The molecule has 1 rings (SSSR count). The number of hydrogen-bond acceptors (Lipinski definition) is 4. The number of sulfone groups is 1. The van der Waals surface area contributed by atoms with Gasteiger partial charge in [-0.1, -0.05) is 19.8 Å². The second-order valence-corrected chi connectivity index (χ2v) is 9.20. The second-order valence-electron chi connectivity index (χ2n) is 4.90. The normalized spacial score (nSPS) is 22.6. The van der Waals surface area contributed by atoms with Gasteiger partial charge in [-0.25, -0.2) is 16.8 Å². The van der Waals surface area contributed by atoms with Crippen LogP contribution in [-0.2, 0) is 19.9 Å². The third-order valence-corrected chi connectivity index (χ3v) is 6.72. The minimum absolute atomic E-state index is 0.00269. The molecular formula is C11H19NO4S2. The molecule has 7 heteroatoms. The Morgan fingerprint density at radius 2 is 1.78 bits per heavy atom. The fourth-order valence-electron chi connectivity index (χ4n) is 1.81. The van der Waals surface area contributed by atoms with Crippen LogP contribution in [-0.4, -0.2) is 39.6 Å². The maximum atomic E-state index is 12.1. The Balaban J connectivity index is 2.74. The van der Waals surface area contributed by atoms with E-state index in [1.165, 1.54) is 0 Å². The van der Waals surface area contributed by atoms with Crippen molar-refractivity contribution in [3.8, 4) is 12.3 Å². The standard InChI is InChI=1S/C11H19NO4S2/c1-4-11(9(2)3)12-18(15,16)10-5-7-17(13,14)8-6-10/h1,9-12H,5-8H2,2-3H3. The van der Waals surface area contributed by atoms with Crippen LogP contribution in [0.5, 0.6) is 0 Å². The molecule has 1 unspecified atom stereocenters. The smallest absolute Gasteiger partial charge is 0.215 e. The Hall–Kier alpha value is -0.580. The van der Waals surface area contributed by atoms with Crippen molar-refractivity contribution in [2.75, 3.05) is 11.5 Å². The van der Waals surface area contributed by atoms with E-state index in [1.54, 1.807) is 0 Å². The lowest BCUT2D eigenvalue weighted by Crippen LogP contribution is -2.45. The van der Waals surface area contributed by atoms with Gasteiger partial charge in [-0.3, -0.25) is 0 Å². The first kappa shape index (κ1) is 15.5. The summed E-state index contributed by atoms with van der Waals surface area (Å²) in [6, 6.07) is -0.548. The molecule has 0 aromatic rings. The summed E-state index contributed by atoms with van der Waals surface area (Å²) >= 11 is 0. The van der Waals surface area contributed by atoms with Crippen molar-refractivity contribution in [3.63, 3.8) is 0 Å². The molecule has 1 saturated heterocycles. The van der Waals surface area contributed by atoms with Crippen LogP contribution in [0.2, 0.25) is 0 Å². The van der Waals surface area contributed by atoms with Gasteiger partial charge in [0, 0.05) is 0 Å². The van der Waals surface area contributed by atoms with Crippen molar-refractivity contribution in [3.05, 3.63) is 0 Å². The Morgan fingerprint density at radius 1 is 1.28 bits per heavy atom. The van der Waals surface area contributed by atoms with E-state index < -0.39 is 31.2 Å². The molecule has 0 aliphatic carbocycles. The summed E-state index contributed by atoms with van der Waals surface area (Å²) in [5.41, 5.74) is 0. The summed E-state index contributed by atoms with van der Waals surface area (Å²) in [6.07, 6.45) is 5.57. The number of nitrogens with one attached hydrogen (secondary N) is 1. The molecule has 0 aromatic carbocycles. The first-order valence-electron chi connectivity index (χ1n) is 5.85. The maximum absolute atomic E-state index is 12.1. The molecule has 18 heavy (non-hydrogen) atoms. The van der Waals surface area contributed by atoms with E-state index in [1.807, 2.05) is 13.8 Å². The topological polar surface area (TPSA) is 80.3 Å². The highest BCUT2D eigenvalue weighted by atomic mass is 32.2. The number of terminal acetylenes is 1. The molecule has 0 amide bonds. The second kappa shape index (κ2) is 5.59. The van der Waals surface area contributed by atoms with Crippen LogP contribution in [0.25, 0.3) is 0 Å². The minimum Gasteiger partial charge on any atom is -0.229 e. The van der Waals surface area contributed by atoms with E-state index in [4.69, 9.17) is 6.42 Å². The zero-order chi connectivity index (χ0) is 14.0. The molecule has 0 radical (unpaired) electrons. The zero-order valence-corrected chi connectivity index (χ0v) is 12.2. The third-order valence-electron chi connectivity index (χ3n) is 3.08. The summed E-state index contributed by atoms with van der Waals surface area (Å²) in [4.78, 5) is 0. The van der Waals surface area contributed by atoms with Gasteiger partial charge in [0.25, 0.3) is 0 Å². The van der Waals surface area contributed by atoms with Crippen molar-refractivity contribution in [2.45, 2.75) is 38.0 Å². The number of sulfonamides is 1. The summed E-state index contributed by atoms with van der Waals surface area (Å²) in [5.74, 6) is 2.26. The monoisotopic (exact) mass is 293 g/mol. The van der Waals surface area contributed by atoms with E-state index in [-0.39, 0.29) is 30.3 Å². The molecular weight excluding hydrogens is 274 g/mol. The maximum Gasteiger partial charge on any atom is 0.215 e. The minimum atomic E-state index is -3.55. The predicted molar refractivity (Wildman–Crippen MR) is 71.2 cm³/mol. The number of hydrogen-bond donors (Lipinski definition) is 1.